The highest BCUT2D eigenvalue weighted by Gasteiger charge is 2.22. The van der Waals surface area contributed by atoms with Crippen LogP contribution in [0.1, 0.15) is 47.6 Å². The van der Waals surface area contributed by atoms with Gasteiger partial charge in [0.25, 0.3) is 0 Å². The summed E-state index contributed by atoms with van der Waals surface area (Å²) >= 11 is 1.90. The molecule has 6 aromatic rings. The first-order valence-electron chi connectivity index (χ1n) is 14.2. The Labute approximate surface area is 241 Å². The van der Waals surface area contributed by atoms with Crippen LogP contribution in [0.2, 0.25) is 0 Å². The van der Waals surface area contributed by atoms with Gasteiger partial charge in [-0.05, 0) is 89.4 Å². The molecule has 40 heavy (non-hydrogen) atoms. The number of nitrogens with one attached hydrogen (secondary N) is 1. The second kappa shape index (κ2) is 9.87. The fourth-order valence-electron chi connectivity index (χ4n) is 5.94. The zero-order valence-corrected chi connectivity index (χ0v) is 24.3. The van der Waals surface area contributed by atoms with Crippen molar-refractivity contribution in [3.63, 3.8) is 0 Å². The highest BCUT2D eigenvalue weighted by molar-refractivity contribution is 7.99. The van der Waals surface area contributed by atoms with Crippen LogP contribution in [0, 0.1) is 13.8 Å². The van der Waals surface area contributed by atoms with E-state index in [1.807, 2.05) is 11.8 Å². The molecule has 2 heteroatoms. The Kier molecular flexibility index (Phi) is 6.17. The average molecular weight is 536 g/mol. The molecule has 1 aliphatic heterocycles. The minimum absolute atomic E-state index is 0.536. The quantitative estimate of drug-likeness (QED) is 0.237. The molecule has 0 saturated carbocycles. The van der Waals surface area contributed by atoms with Gasteiger partial charge in [-0.3, -0.25) is 0 Å². The molecule has 0 atom stereocenters. The number of fused-ring (bicyclic) bond motifs is 3. The van der Waals surface area contributed by atoms with Gasteiger partial charge in [-0.2, -0.15) is 0 Å². The van der Waals surface area contributed by atoms with Gasteiger partial charge in [-0.25, -0.2) is 0 Å². The van der Waals surface area contributed by atoms with E-state index in [2.05, 4.69) is 136 Å². The number of hydrogen-bond acceptors (Lipinski definition) is 1. The van der Waals surface area contributed by atoms with Crippen LogP contribution < -0.4 is 0 Å². The molecule has 196 valence electrons. The number of aromatic amines is 1. The summed E-state index contributed by atoms with van der Waals surface area (Å²) in [7, 11) is 0. The Bertz CT molecular complexity index is 1870. The fourth-order valence-corrected chi connectivity index (χ4v) is 6.97. The van der Waals surface area contributed by atoms with Crippen LogP contribution in [-0.4, -0.2) is 4.98 Å². The second-order valence-corrected chi connectivity index (χ2v) is 12.5. The van der Waals surface area contributed by atoms with E-state index in [1.54, 1.807) is 0 Å². The van der Waals surface area contributed by atoms with Crippen LogP contribution in [-0.2, 0) is 6.42 Å². The maximum atomic E-state index is 3.86. The zero-order valence-electron chi connectivity index (χ0n) is 23.5. The molecule has 0 radical (unpaired) electrons. The molecule has 2 heterocycles. The van der Waals surface area contributed by atoms with E-state index >= 15 is 0 Å². The van der Waals surface area contributed by atoms with Gasteiger partial charge in [0.15, 0.2) is 0 Å². The van der Waals surface area contributed by atoms with E-state index in [0.29, 0.717) is 5.92 Å². The molecule has 7 rings (SSSR count). The number of hydrogen-bond donors (Lipinski definition) is 1. The molecular formula is C38H33NS. The first kappa shape index (κ1) is 25.0. The summed E-state index contributed by atoms with van der Waals surface area (Å²) in [6.45, 7) is 8.85. The summed E-state index contributed by atoms with van der Waals surface area (Å²) in [5.41, 5.74) is 15.4. The molecule has 0 saturated heterocycles. The Morgan fingerprint density at radius 3 is 1.98 bits per heavy atom. The summed E-state index contributed by atoms with van der Waals surface area (Å²) in [5.74, 6) is 0.536. The topological polar surface area (TPSA) is 15.8 Å². The molecule has 0 aliphatic carbocycles. The van der Waals surface area contributed by atoms with Crippen LogP contribution in [0.25, 0.3) is 44.4 Å². The van der Waals surface area contributed by atoms with E-state index in [-0.39, 0.29) is 0 Å². The van der Waals surface area contributed by atoms with E-state index in [9.17, 15) is 0 Å². The SMILES string of the molecule is Cc1ccc(-c2cccc3[nH]c(-c4ccc5c(c4)Cc4cc(C(C)C)ccc4S5)c(-c4ccc(C)cc4)c23)cc1. The normalized spacial score (nSPS) is 12.5. The molecule has 0 fully saturated rings. The van der Waals surface area contributed by atoms with Gasteiger partial charge < -0.3 is 4.98 Å². The highest BCUT2D eigenvalue weighted by atomic mass is 32.2. The minimum atomic E-state index is 0.536. The van der Waals surface area contributed by atoms with Gasteiger partial charge in [0, 0.05) is 26.3 Å². The molecule has 1 aliphatic rings. The maximum absolute atomic E-state index is 3.86. The van der Waals surface area contributed by atoms with Crippen molar-refractivity contribution in [3.8, 4) is 33.5 Å². The van der Waals surface area contributed by atoms with Gasteiger partial charge in [-0.1, -0.05) is 116 Å². The Morgan fingerprint density at radius 2 is 1.27 bits per heavy atom. The van der Waals surface area contributed by atoms with E-state index in [1.165, 1.54) is 82.0 Å². The summed E-state index contributed by atoms with van der Waals surface area (Å²) in [6, 6.07) is 38.6. The van der Waals surface area contributed by atoms with Gasteiger partial charge in [0.1, 0.15) is 0 Å². The van der Waals surface area contributed by atoms with E-state index < -0.39 is 0 Å². The van der Waals surface area contributed by atoms with Crippen molar-refractivity contribution >= 4 is 22.7 Å². The fraction of sp³-hybridized carbons (Fsp3) is 0.158. The first-order chi connectivity index (χ1) is 19.4. The van der Waals surface area contributed by atoms with Crippen molar-refractivity contribution in [1.82, 2.24) is 4.98 Å². The Morgan fingerprint density at radius 1 is 0.650 bits per heavy atom. The van der Waals surface area contributed by atoms with Crippen molar-refractivity contribution in [2.24, 2.45) is 0 Å². The molecule has 0 spiro atoms. The molecule has 0 amide bonds. The van der Waals surface area contributed by atoms with E-state index in [4.69, 9.17) is 0 Å². The maximum Gasteiger partial charge on any atom is 0.0544 e. The smallest absolute Gasteiger partial charge is 0.0544 e. The highest BCUT2D eigenvalue weighted by Crippen LogP contribution is 2.46. The Balaban J connectivity index is 1.41. The zero-order chi connectivity index (χ0) is 27.4. The molecule has 1 aromatic heterocycles. The number of rotatable bonds is 4. The summed E-state index contributed by atoms with van der Waals surface area (Å²) < 4.78 is 0. The number of H-pyrrole nitrogens is 1. The number of aromatic nitrogens is 1. The first-order valence-corrected chi connectivity index (χ1v) is 15.0. The lowest BCUT2D eigenvalue weighted by molar-refractivity contribution is 0.858. The van der Waals surface area contributed by atoms with Gasteiger partial charge in [0.05, 0.1) is 5.69 Å². The van der Waals surface area contributed by atoms with Crippen LogP contribution in [0.5, 0.6) is 0 Å². The molecule has 1 N–H and O–H groups in total. The molecular weight excluding hydrogens is 502 g/mol. The van der Waals surface area contributed by atoms with E-state index in [0.717, 1.165) is 6.42 Å². The van der Waals surface area contributed by atoms with Crippen LogP contribution in [0.15, 0.2) is 113 Å². The summed E-state index contributed by atoms with van der Waals surface area (Å²) in [5, 5.41) is 1.28. The third kappa shape index (κ3) is 4.37. The van der Waals surface area contributed by atoms with Gasteiger partial charge in [0.2, 0.25) is 0 Å². The third-order valence-corrected chi connectivity index (χ3v) is 9.46. The minimum Gasteiger partial charge on any atom is -0.354 e. The predicted octanol–water partition coefficient (Wildman–Crippen LogP) is 11.0. The van der Waals surface area contributed by atoms with Crippen LogP contribution in [0.3, 0.4) is 0 Å². The van der Waals surface area contributed by atoms with Crippen molar-refractivity contribution in [2.45, 2.75) is 49.8 Å². The van der Waals surface area contributed by atoms with Crippen molar-refractivity contribution in [1.29, 1.82) is 0 Å². The van der Waals surface area contributed by atoms with Gasteiger partial charge >= 0.3 is 0 Å². The van der Waals surface area contributed by atoms with Crippen LogP contribution in [0.4, 0.5) is 0 Å². The summed E-state index contributed by atoms with van der Waals surface area (Å²) in [6.07, 6.45) is 0.973. The van der Waals surface area contributed by atoms with Crippen molar-refractivity contribution in [2.75, 3.05) is 0 Å². The predicted molar refractivity (Wildman–Crippen MR) is 172 cm³/mol. The lowest BCUT2D eigenvalue weighted by atomic mass is 9.91. The molecule has 1 nitrogen and oxygen atoms in total. The standard InChI is InChI=1S/C38H33NS/c1-23(2)28-16-18-34-30(20-28)22-31-21-29(17-19-35(31)40-34)38-36(27-14-10-25(4)11-15-27)37-32(6-5-7-33(37)39-38)26-12-8-24(3)9-13-26/h5-21,23,39H,22H2,1-4H3. The monoisotopic (exact) mass is 535 g/mol. The third-order valence-electron chi connectivity index (χ3n) is 8.23. The molecule has 0 unspecified atom stereocenters. The van der Waals surface area contributed by atoms with Crippen LogP contribution >= 0.6 is 11.8 Å². The lowest BCUT2D eigenvalue weighted by Gasteiger charge is -2.21. The lowest BCUT2D eigenvalue weighted by Crippen LogP contribution is -2.02. The summed E-state index contributed by atoms with van der Waals surface area (Å²) in [4.78, 5) is 6.61. The van der Waals surface area contributed by atoms with Crippen molar-refractivity contribution < 1.29 is 0 Å². The second-order valence-electron chi connectivity index (χ2n) is 11.5. The average Bonchev–Trinajstić information content (AvgIpc) is 3.36. The largest absolute Gasteiger partial charge is 0.354 e. The van der Waals surface area contributed by atoms with Gasteiger partial charge in [-0.15, -0.1) is 0 Å². The van der Waals surface area contributed by atoms with Crippen molar-refractivity contribution in [3.05, 3.63) is 131 Å². The Hall–Kier alpha value is -4.01. The number of aryl methyl sites for hydroxylation is 2. The number of benzene rings is 5. The molecule has 5 aromatic carbocycles. The molecule has 0 bridgehead atoms.